The standard InChI is InChI=1S/C20H17BrO2/c21-18-13-11-15(12-14-18)19(22)20(23,16-7-3-1-4-8-16)17-9-5-2-6-10-17/h1-14,19,22-23H/t19-/m1/s1. The summed E-state index contributed by atoms with van der Waals surface area (Å²) in [5.41, 5.74) is 0.447. The molecule has 0 aromatic heterocycles. The first-order chi connectivity index (χ1) is 11.1. The third kappa shape index (κ3) is 3.08. The first-order valence-electron chi connectivity index (χ1n) is 7.39. The van der Waals surface area contributed by atoms with Gasteiger partial charge < -0.3 is 10.2 Å². The van der Waals surface area contributed by atoms with Gasteiger partial charge in [-0.1, -0.05) is 88.7 Å². The van der Waals surface area contributed by atoms with Crippen LogP contribution in [0.4, 0.5) is 0 Å². The fourth-order valence-electron chi connectivity index (χ4n) is 2.75. The number of aliphatic hydroxyl groups is 2. The normalized spacial score (nSPS) is 12.8. The van der Waals surface area contributed by atoms with E-state index < -0.39 is 11.7 Å². The molecule has 0 aliphatic rings. The van der Waals surface area contributed by atoms with E-state index in [9.17, 15) is 10.2 Å². The molecule has 0 unspecified atom stereocenters. The van der Waals surface area contributed by atoms with Gasteiger partial charge in [-0.2, -0.15) is 0 Å². The Labute approximate surface area is 144 Å². The predicted molar refractivity (Wildman–Crippen MR) is 95.0 cm³/mol. The minimum atomic E-state index is -1.52. The Kier molecular flexibility index (Phi) is 4.62. The highest BCUT2D eigenvalue weighted by Gasteiger charge is 2.40. The zero-order valence-electron chi connectivity index (χ0n) is 12.4. The van der Waals surface area contributed by atoms with Crippen molar-refractivity contribution in [1.82, 2.24) is 0 Å². The molecule has 2 nitrogen and oxygen atoms in total. The summed E-state index contributed by atoms with van der Waals surface area (Å²) in [6, 6.07) is 25.9. The number of halogens is 1. The Morgan fingerprint density at radius 1 is 0.696 bits per heavy atom. The van der Waals surface area contributed by atoms with E-state index in [-0.39, 0.29) is 0 Å². The minimum Gasteiger partial charge on any atom is -0.385 e. The molecule has 0 amide bonds. The maximum Gasteiger partial charge on any atom is 0.145 e. The van der Waals surface area contributed by atoms with E-state index in [1.54, 1.807) is 0 Å². The van der Waals surface area contributed by atoms with Crippen LogP contribution < -0.4 is 0 Å². The van der Waals surface area contributed by atoms with Gasteiger partial charge in [0, 0.05) is 4.47 Å². The van der Waals surface area contributed by atoms with Crippen LogP contribution in [0.2, 0.25) is 0 Å². The number of aliphatic hydroxyl groups excluding tert-OH is 1. The minimum absolute atomic E-state index is 0.654. The Morgan fingerprint density at radius 3 is 1.57 bits per heavy atom. The van der Waals surface area contributed by atoms with Crippen LogP contribution in [0.5, 0.6) is 0 Å². The monoisotopic (exact) mass is 368 g/mol. The number of hydrogen-bond acceptors (Lipinski definition) is 2. The van der Waals surface area contributed by atoms with Crippen molar-refractivity contribution in [3.8, 4) is 0 Å². The van der Waals surface area contributed by atoms with E-state index in [4.69, 9.17) is 0 Å². The summed E-state index contributed by atoms with van der Waals surface area (Å²) in [4.78, 5) is 0. The van der Waals surface area contributed by atoms with Crippen molar-refractivity contribution in [2.24, 2.45) is 0 Å². The van der Waals surface area contributed by atoms with Crippen LogP contribution >= 0.6 is 15.9 Å². The van der Waals surface area contributed by atoms with Gasteiger partial charge in [-0.25, -0.2) is 0 Å². The van der Waals surface area contributed by atoms with Crippen LogP contribution in [0, 0.1) is 0 Å². The second-order valence-electron chi connectivity index (χ2n) is 5.45. The summed E-state index contributed by atoms with van der Waals surface area (Å²) in [6.07, 6.45) is -1.08. The van der Waals surface area contributed by atoms with E-state index in [1.165, 1.54) is 0 Å². The molecule has 0 saturated carbocycles. The van der Waals surface area contributed by atoms with Gasteiger partial charge in [-0.05, 0) is 28.8 Å². The highest BCUT2D eigenvalue weighted by atomic mass is 79.9. The second-order valence-corrected chi connectivity index (χ2v) is 6.37. The van der Waals surface area contributed by atoms with Crippen molar-refractivity contribution in [1.29, 1.82) is 0 Å². The lowest BCUT2D eigenvalue weighted by molar-refractivity contribution is -0.0517. The first kappa shape index (κ1) is 15.9. The summed E-state index contributed by atoms with van der Waals surface area (Å²) in [5, 5.41) is 22.5. The molecule has 0 spiro atoms. The molecule has 1 atom stereocenters. The highest BCUT2D eigenvalue weighted by Crippen LogP contribution is 2.41. The molecule has 0 fully saturated rings. The SMILES string of the molecule is O[C@H](c1ccc(Br)cc1)C(O)(c1ccccc1)c1ccccc1. The Hall–Kier alpha value is -1.94. The van der Waals surface area contributed by atoms with Gasteiger partial charge in [-0.15, -0.1) is 0 Å². The lowest BCUT2D eigenvalue weighted by Gasteiger charge is -2.34. The van der Waals surface area contributed by atoms with Gasteiger partial charge in [0.15, 0.2) is 0 Å². The molecule has 116 valence electrons. The fourth-order valence-corrected chi connectivity index (χ4v) is 3.02. The third-order valence-corrected chi connectivity index (χ3v) is 4.54. The number of benzene rings is 3. The molecule has 2 N–H and O–H groups in total. The van der Waals surface area contributed by atoms with Gasteiger partial charge in [0.1, 0.15) is 11.7 Å². The molecule has 0 radical (unpaired) electrons. The summed E-state index contributed by atoms with van der Waals surface area (Å²) in [6.45, 7) is 0. The molecule has 0 aliphatic carbocycles. The quantitative estimate of drug-likeness (QED) is 0.715. The Bertz CT molecular complexity index is 715. The van der Waals surface area contributed by atoms with E-state index in [1.807, 2.05) is 84.9 Å². The van der Waals surface area contributed by atoms with E-state index in [2.05, 4.69) is 15.9 Å². The molecular formula is C20H17BrO2. The van der Waals surface area contributed by atoms with Crippen molar-refractivity contribution in [2.45, 2.75) is 11.7 Å². The molecule has 0 heterocycles. The molecule has 3 aromatic rings. The lowest BCUT2D eigenvalue weighted by Crippen LogP contribution is -2.35. The number of rotatable bonds is 4. The zero-order valence-corrected chi connectivity index (χ0v) is 14.0. The second kappa shape index (κ2) is 6.67. The van der Waals surface area contributed by atoms with E-state index in [0.717, 1.165) is 4.47 Å². The maximum absolute atomic E-state index is 11.5. The van der Waals surface area contributed by atoms with Gasteiger partial charge in [0.2, 0.25) is 0 Å². The molecule has 0 bridgehead atoms. The maximum atomic E-state index is 11.5. The molecular weight excluding hydrogens is 352 g/mol. The van der Waals surface area contributed by atoms with Crippen LogP contribution in [0.25, 0.3) is 0 Å². The van der Waals surface area contributed by atoms with Crippen LogP contribution in [-0.4, -0.2) is 10.2 Å². The fraction of sp³-hybridized carbons (Fsp3) is 0.100. The topological polar surface area (TPSA) is 40.5 Å². The zero-order chi connectivity index (χ0) is 16.3. The Morgan fingerprint density at radius 2 is 1.13 bits per heavy atom. The summed E-state index contributed by atoms with van der Waals surface area (Å²) >= 11 is 3.39. The lowest BCUT2D eigenvalue weighted by atomic mass is 9.79. The van der Waals surface area contributed by atoms with Crippen molar-refractivity contribution in [3.05, 3.63) is 106 Å². The molecule has 0 aliphatic heterocycles. The largest absolute Gasteiger partial charge is 0.385 e. The summed E-state index contributed by atoms with van der Waals surface area (Å²) in [5.74, 6) is 0. The Balaban J connectivity index is 2.14. The van der Waals surface area contributed by atoms with Gasteiger partial charge >= 0.3 is 0 Å². The third-order valence-electron chi connectivity index (χ3n) is 4.01. The molecule has 3 aromatic carbocycles. The first-order valence-corrected chi connectivity index (χ1v) is 8.18. The summed E-state index contributed by atoms with van der Waals surface area (Å²) in [7, 11) is 0. The average Bonchev–Trinajstić information content (AvgIpc) is 2.62. The highest BCUT2D eigenvalue weighted by molar-refractivity contribution is 9.10. The van der Waals surface area contributed by atoms with Crippen LogP contribution in [0.15, 0.2) is 89.4 Å². The van der Waals surface area contributed by atoms with Crippen molar-refractivity contribution < 1.29 is 10.2 Å². The van der Waals surface area contributed by atoms with Crippen LogP contribution in [0.1, 0.15) is 22.8 Å². The van der Waals surface area contributed by atoms with Crippen molar-refractivity contribution in [3.63, 3.8) is 0 Å². The molecule has 3 rings (SSSR count). The van der Waals surface area contributed by atoms with E-state index in [0.29, 0.717) is 16.7 Å². The van der Waals surface area contributed by atoms with Gasteiger partial charge in [0.05, 0.1) is 0 Å². The van der Waals surface area contributed by atoms with Crippen LogP contribution in [-0.2, 0) is 5.60 Å². The molecule has 23 heavy (non-hydrogen) atoms. The smallest absolute Gasteiger partial charge is 0.145 e. The van der Waals surface area contributed by atoms with Crippen LogP contribution in [0.3, 0.4) is 0 Å². The van der Waals surface area contributed by atoms with Crippen molar-refractivity contribution >= 4 is 15.9 Å². The molecule has 3 heteroatoms. The average molecular weight is 369 g/mol. The van der Waals surface area contributed by atoms with Gasteiger partial charge in [0.25, 0.3) is 0 Å². The van der Waals surface area contributed by atoms with Crippen molar-refractivity contribution in [2.75, 3.05) is 0 Å². The molecule has 0 saturated heterocycles. The number of hydrogen-bond donors (Lipinski definition) is 2. The summed E-state index contributed by atoms with van der Waals surface area (Å²) < 4.78 is 0.927. The van der Waals surface area contributed by atoms with Gasteiger partial charge in [-0.3, -0.25) is 0 Å². The van der Waals surface area contributed by atoms with E-state index >= 15 is 0 Å². The predicted octanol–water partition coefficient (Wildman–Crippen LogP) is 4.42.